The number of amides is 1. The van der Waals surface area contributed by atoms with Crippen molar-refractivity contribution in [1.82, 2.24) is 5.32 Å². The number of nitrogens with zero attached hydrogens (tertiary/aromatic N) is 1. The lowest BCUT2D eigenvalue weighted by Gasteiger charge is -2.11. The zero-order valence-electron chi connectivity index (χ0n) is 8.74. The molecule has 0 fully saturated rings. The van der Waals surface area contributed by atoms with E-state index in [2.05, 4.69) is 10.3 Å². The molecule has 1 aliphatic rings. The van der Waals surface area contributed by atoms with Crippen LogP contribution in [0.15, 0.2) is 23.2 Å². The Morgan fingerprint density at radius 3 is 2.40 bits per heavy atom. The molecular formula is C11H13N3O. The Balaban J connectivity index is 2.50. The van der Waals surface area contributed by atoms with E-state index in [0.717, 1.165) is 16.7 Å². The number of guanidine groups is 1. The lowest BCUT2D eigenvalue weighted by Crippen LogP contribution is -2.31. The molecule has 1 aliphatic heterocycles. The summed E-state index contributed by atoms with van der Waals surface area (Å²) in [5.74, 6) is 0.0533. The molecule has 4 heteroatoms. The number of carbonyl (C=O) groups is 1. The molecule has 0 bridgehead atoms. The molecule has 1 aromatic rings. The highest BCUT2D eigenvalue weighted by Gasteiger charge is 2.28. The van der Waals surface area contributed by atoms with Gasteiger partial charge in [0.15, 0.2) is 12.0 Å². The van der Waals surface area contributed by atoms with Crippen LogP contribution in [-0.4, -0.2) is 11.9 Å². The minimum atomic E-state index is -0.480. The molecule has 1 heterocycles. The van der Waals surface area contributed by atoms with E-state index in [9.17, 15) is 4.79 Å². The summed E-state index contributed by atoms with van der Waals surface area (Å²) in [7, 11) is 0. The normalized spacial score (nSPS) is 20.0. The average molecular weight is 203 g/mol. The van der Waals surface area contributed by atoms with Crippen molar-refractivity contribution >= 4 is 11.9 Å². The molecule has 0 aliphatic carbocycles. The monoisotopic (exact) mass is 203 g/mol. The second-order valence-corrected chi connectivity index (χ2v) is 3.71. The van der Waals surface area contributed by atoms with Gasteiger partial charge >= 0.3 is 0 Å². The fourth-order valence-electron chi connectivity index (χ4n) is 1.88. The van der Waals surface area contributed by atoms with Crippen molar-refractivity contribution in [1.29, 1.82) is 0 Å². The van der Waals surface area contributed by atoms with Gasteiger partial charge in [0.05, 0.1) is 0 Å². The van der Waals surface area contributed by atoms with E-state index in [1.807, 2.05) is 32.0 Å². The molecule has 0 spiro atoms. The van der Waals surface area contributed by atoms with Crippen molar-refractivity contribution < 1.29 is 4.79 Å². The van der Waals surface area contributed by atoms with Gasteiger partial charge in [-0.05, 0) is 30.5 Å². The quantitative estimate of drug-likeness (QED) is 0.708. The first-order chi connectivity index (χ1) is 7.09. The largest absolute Gasteiger partial charge is 0.370 e. The molecule has 0 saturated carbocycles. The summed E-state index contributed by atoms with van der Waals surface area (Å²) in [4.78, 5) is 15.7. The minimum absolute atomic E-state index is 0.148. The van der Waals surface area contributed by atoms with Crippen molar-refractivity contribution in [2.24, 2.45) is 10.7 Å². The molecule has 2 rings (SSSR count). The number of hydrogen-bond donors (Lipinski definition) is 2. The van der Waals surface area contributed by atoms with Crippen LogP contribution >= 0.6 is 0 Å². The molecule has 0 saturated heterocycles. The maximum Gasteiger partial charge on any atom is 0.256 e. The molecule has 4 nitrogen and oxygen atoms in total. The first-order valence-electron chi connectivity index (χ1n) is 4.80. The van der Waals surface area contributed by atoms with Crippen LogP contribution in [0.25, 0.3) is 0 Å². The van der Waals surface area contributed by atoms with Crippen molar-refractivity contribution in [3.63, 3.8) is 0 Å². The van der Waals surface area contributed by atoms with Crippen LogP contribution in [0.2, 0.25) is 0 Å². The predicted octanol–water partition coefficient (Wildman–Crippen LogP) is 0.789. The smallest absolute Gasteiger partial charge is 0.256 e. The number of nitrogens with one attached hydrogen (secondary N) is 1. The molecule has 15 heavy (non-hydrogen) atoms. The summed E-state index contributed by atoms with van der Waals surface area (Å²) < 4.78 is 0. The fourth-order valence-corrected chi connectivity index (χ4v) is 1.88. The van der Waals surface area contributed by atoms with Crippen molar-refractivity contribution in [2.45, 2.75) is 19.9 Å². The zero-order chi connectivity index (χ0) is 11.0. The summed E-state index contributed by atoms with van der Waals surface area (Å²) >= 11 is 0. The third-order valence-corrected chi connectivity index (χ3v) is 2.58. The second kappa shape index (κ2) is 3.38. The first-order valence-corrected chi connectivity index (χ1v) is 4.80. The van der Waals surface area contributed by atoms with Crippen LogP contribution in [-0.2, 0) is 4.79 Å². The standard InChI is InChI=1S/C11H13N3O/c1-6-4-3-5-7(2)8(6)9-10(15)14-11(12)13-9/h3-5,9H,1-2H3,(H3,12,13,14,15). The Bertz CT molecular complexity index is 431. The molecule has 78 valence electrons. The molecule has 0 aromatic heterocycles. The molecule has 3 N–H and O–H groups in total. The van der Waals surface area contributed by atoms with Gasteiger partial charge in [0.1, 0.15) is 0 Å². The van der Waals surface area contributed by atoms with Crippen LogP contribution < -0.4 is 11.1 Å². The summed E-state index contributed by atoms with van der Waals surface area (Å²) in [6.07, 6.45) is 0. The predicted molar refractivity (Wildman–Crippen MR) is 58.4 cm³/mol. The summed E-state index contributed by atoms with van der Waals surface area (Å²) in [6.45, 7) is 3.94. The summed E-state index contributed by atoms with van der Waals surface area (Å²) in [5, 5.41) is 2.51. The number of carbonyl (C=O) groups excluding carboxylic acids is 1. The fraction of sp³-hybridized carbons (Fsp3) is 0.273. The molecule has 1 amide bonds. The number of rotatable bonds is 1. The van der Waals surface area contributed by atoms with E-state index in [0.29, 0.717) is 0 Å². The number of hydrogen-bond acceptors (Lipinski definition) is 3. The van der Waals surface area contributed by atoms with Crippen LogP contribution in [0.3, 0.4) is 0 Å². The maximum absolute atomic E-state index is 11.6. The lowest BCUT2D eigenvalue weighted by atomic mass is 9.96. The van der Waals surface area contributed by atoms with Gasteiger partial charge in [-0.3, -0.25) is 10.1 Å². The number of nitrogens with two attached hydrogens (primary N) is 1. The zero-order valence-corrected chi connectivity index (χ0v) is 8.74. The second-order valence-electron chi connectivity index (χ2n) is 3.71. The summed E-state index contributed by atoms with van der Waals surface area (Å²) in [5.41, 5.74) is 8.55. The minimum Gasteiger partial charge on any atom is -0.370 e. The number of aliphatic imine (C=N–C) groups is 1. The SMILES string of the molecule is Cc1cccc(C)c1C1N=C(N)NC1=O. The third kappa shape index (κ3) is 1.58. The van der Waals surface area contributed by atoms with Gasteiger partial charge < -0.3 is 5.73 Å². The highest BCUT2D eigenvalue weighted by atomic mass is 16.2. The molecule has 0 radical (unpaired) electrons. The van der Waals surface area contributed by atoms with Crippen LogP contribution in [0.1, 0.15) is 22.7 Å². The average Bonchev–Trinajstić information content (AvgIpc) is 2.45. The molecular weight excluding hydrogens is 190 g/mol. The maximum atomic E-state index is 11.6. The first kappa shape index (κ1) is 9.71. The Hall–Kier alpha value is -1.84. The number of aryl methyl sites for hydroxylation is 2. The van der Waals surface area contributed by atoms with Gasteiger partial charge in [0.2, 0.25) is 0 Å². The van der Waals surface area contributed by atoms with E-state index in [-0.39, 0.29) is 11.9 Å². The van der Waals surface area contributed by atoms with Crippen LogP contribution in [0, 0.1) is 13.8 Å². The highest BCUT2D eigenvalue weighted by molar-refractivity contribution is 6.04. The van der Waals surface area contributed by atoms with E-state index >= 15 is 0 Å². The van der Waals surface area contributed by atoms with Gasteiger partial charge in [-0.1, -0.05) is 18.2 Å². The Labute approximate surface area is 88.2 Å². The Kier molecular flexibility index (Phi) is 2.19. The van der Waals surface area contributed by atoms with Gasteiger partial charge in [0, 0.05) is 0 Å². The van der Waals surface area contributed by atoms with E-state index in [4.69, 9.17) is 5.73 Å². The van der Waals surface area contributed by atoms with Crippen LogP contribution in [0.4, 0.5) is 0 Å². The van der Waals surface area contributed by atoms with Gasteiger partial charge in [-0.25, -0.2) is 4.99 Å². The summed E-state index contributed by atoms with van der Waals surface area (Å²) in [6, 6.07) is 5.43. The van der Waals surface area contributed by atoms with Gasteiger partial charge in [-0.15, -0.1) is 0 Å². The van der Waals surface area contributed by atoms with Crippen molar-refractivity contribution in [3.05, 3.63) is 34.9 Å². The van der Waals surface area contributed by atoms with Gasteiger partial charge in [-0.2, -0.15) is 0 Å². The lowest BCUT2D eigenvalue weighted by molar-refractivity contribution is -0.120. The molecule has 1 aromatic carbocycles. The van der Waals surface area contributed by atoms with E-state index in [1.54, 1.807) is 0 Å². The van der Waals surface area contributed by atoms with Gasteiger partial charge in [0.25, 0.3) is 5.91 Å². The molecule has 1 unspecified atom stereocenters. The third-order valence-electron chi connectivity index (χ3n) is 2.58. The van der Waals surface area contributed by atoms with Crippen LogP contribution in [0.5, 0.6) is 0 Å². The van der Waals surface area contributed by atoms with Crippen molar-refractivity contribution in [3.8, 4) is 0 Å². The Morgan fingerprint density at radius 2 is 1.93 bits per heavy atom. The van der Waals surface area contributed by atoms with Crippen molar-refractivity contribution in [2.75, 3.05) is 0 Å². The van der Waals surface area contributed by atoms with E-state index in [1.165, 1.54) is 0 Å². The Morgan fingerprint density at radius 1 is 1.33 bits per heavy atom. The number of benzene rings is 1. The van der Waals surface area contributed by atoms with E-state index < -0.39 is 6.04 Å². The molecule has 1 atom stereocenters. The topological polar surface area (TPSA) is 67.5 Å². The highest BCUT2D eigenvalue weighted by Crippen LogP contribution is 2.26.